The minimum atomic E-state index is -0.470. The Hall–Kier alpha value is -2.04. The number of nitrogens with one attached hydrogen (secondary N) is 1. The summed E-state index contributed by atoms with van der Waals surface area (Å²) in [5.41, 5.74) is 2.05. The van der Waals surface area contributed by atoms with Crippen molar-refractivity contribution in [2.75, 3.05) is 11.9 Å². The summed E-state index contributed by atoms with van der Waals surface area (Å²) in [6.45, 7) is 3.87. The summed E-state index contributed by atoms with van der Waals surface area (Å²) < 4.78 is 10.1. The van der Waals surface area contributed by atoms with Gasteiger partial charge in [-0.25, -0.2) is 9.78 Å². The molecule has 84 valence electrons. The predicted octanol–water partition coefficient (Wildman–Crippen LogP) is 2.70. The van der Waals surface area contributed by atoms with Gasteiger partial charge in [0.05, 0.1) is 6.61 Å². The molecule has 16 heavy (non-hydrogen) atoms. The molecule has 0 fully saturated rings. The van der Waals surface area contributed by atoms with Gasteiger partial charge in [0.25, 0.3) is 0 Å². The number of benzene rings is 1. The molecule has 0 aliphatic rings. The zero-order valence-electron chi connectivity index (χ0n) is 9.11. The van der Waals surface area contributed by atoms with Crippen LogP contribution in [0.1, 0.15) is 12.8 Å². The van der Waals surface area contributed by atoms with Crippen molar-refractivity contribution in [1.29, 1.82) is 0 Å². The van der Waals surface area contributed by atoms with E-state index in [1.165, 1.54) is 0 Å². The Kier molecular flexibility index (Phi) is 2.76. The van der Waals surface area contributed by atoms with Crippen molar-refractivity contribution < 1.29 is 13.9 Å². The number of ether oxygens (including phenoxy) is 1. The van der Waals surface area contributed by atoms with Gasteiger partial charge in [0, 0.05) is 12.6 Å². The van der Waals surface area contributed by atoms with Crippen LogP contribution < -0.4 is 5.32 Å². The molecule has 1 amide bonds. The number of carbonyl (C=O) groups is 1. The number of carbonyl (C=O) groups excluding carboxylic acids is 1. The molecule has 0 bridgehead atoms. The minimum absolute atomic E-state index is 0.344. The molecule has 0 saturated carbocycles. The molecule has 0 saturated heterocycles. The lowest BCUT2D eigenvalue weighted by Gasteiger charge is -2.03. The highest BCUT2D eigenvalue weighted by Gasteiger charge is 2.05. The second-order valence-electron chi connectivity index (χ2n) is 3.26. The van der Waals surface area contributed by atoms with E-state index in [9.17, 15) is 4.79 Å². The van der Waals surface area contributed by atoms with E-state index in [1.807, 2.05) is 0 Å². The third kappa shape index (κ3) is 2.13. The average molecular weight is 220 g/mol. The maximum atomic E-state index is 11.2. The smallest absolute Gasteiger partial charge is 0.411 e. The van der Waals surface area contributed by atoms with Gasteiger partial charge >= 0.3 is 6.09 Å². The first-order valence-electron chi connectivity index (χ1n) is 5.00. The van der Waals surface area contributed by atoms with Crippen molar-refractivity contribution in [3.63, 3.8) is 0 Å². The SMILES string of the molecule is CCOC(=O)Nc1ccc2oc(C)nc2c1. The number of rotatable bonds is 2. The number of aromatic nitrogens is 1. The van der Waals surface area contributed by atoms with Gasteiger partial charge in [0.2, 0.25) is 0 Å². The Morgan fingerprint density at radius 2 is 2.38 bits per heavy atom. The second kappa shape index (κ2) is 4.22. The molecule has 1 heterocycles. The number of oxazole rings is 1. The summed E-state index contributed by atoms with van der Waals surface area (Å²) in [4.78, 5) is 15.3. The monoisotopic (exact) mass is 220 g/mol. The van der Waals surface area contributed by atoms with Crippen molar-refractivity contribution in [2.45, 2.75) is 13.8 Å². The van der Waals surface area contributed by atoms with Crippen LogP contribution in [0.2, 0.25) is 0 Å². The van der Waals surface area contributed by atoms with Crippen LogP contribution in [0, 0.1) is 6.92 Å². The predicted molar refractivity (Wildman–Crippen MR) is 59.4 cm³/mol. The van der Waals surface area contributed by atoms with Crippen LogP contribution in [0.3, 0.4) is 0 Å². The molecule has 0 aliphatic heterocycles. The average Bonchev–Trinajstić information content (AvgIpc) is 2.57. The first-order valence-corrected chi connectivity index (χ1v) is 5.00. The summed E-state index contributed by atoms with van der Waals surface area (Å²) in [5.74, 6) is 0.600. The van der Waals surface area contributed by atoms with Crippen molar-refractivity contribution in [1.82, 2.24) is 4.98 Å². The molecule has 2 rings (SSSR count). The molecule has 0 atom stereocenters. The van der Waals surface area contributed by atoms with Gasteiger partial charge in [-0.3, -0.25) is 5.32 Å². The number of fused-ring (bicyclic) bond motifs is 1. The maximum absolute atomic E-state index is 11.2. The summed E-state index contributed by atoms with van der Waals surface area (Å²) in [7, 11) is 0. The first-order chi connectivity index (χ1) is 7.69. The van der Waals surface area contributed by atoms with E-state index in [-0.39, 0.29) is 0 Å². The fourth-order valence-corrected chi connectivity index (χ4v) is 1.41. The highest BCUT2D eigenvalue weighted by molar-refractivity contribution is 5.88. The highest BCUT2D eigenvalue weighted by Crippen LogP contribution is 2.19. The van der Waals surface area contributed by atoms with Gasteiger partial charge in [0.15, 0.2) is 11.5 Å². The van der Waals surface area contributed by atoms with E-state index in [1.54, 1.807) is 32.0 Å². The first kappa shape index (κ1) is 10.5. The highest BCUT2D eigenvalue weighted by atomic mass is 16.5. The molecule has 1 aromatic heterocycles. The van der Waals surface area contributed by atoms with Crippen molar-refractivity contribution in [3.8, 4) is 0 Å². The van der Waals surface area contributed by atoms with E-state index in [4.69, 9.17) is 9.15 Å². The minimum Gasteiger partial charge on any atom is -0.450 e. The van der Waals surface area contributed by atoms with Gasteiger partial charge in [0.1, 0.15) is 5.52 Å². The number of amides is 1. The quantitative estimate of drug-likeness (QED) is 0.845. The van der Waals surface area contributed by atoms with E-state index in [2.05, 4.69) is 10.3 Å². The number of aryl methyl sites for hydroxylation is 1. The maximum Gasteiger partial charge on any atom is 0.411 e. The van der Waals surface area contributed by atoms with Gasteiger partial charge in [-0.15, -0.1) is 0 Å². The molecule has 0 unspecified atom stereocenters. The molecule has 0 aliphatic carbocycles. The number of hydrogen-bond acceptors (Lipinski definition) is 4. The number of nitrogens with zero attached hydrogens (tertiary/aromatic N) is 1. The van der Waals surface area contributed by atoms with Crippen LogP contribution in [0.15, 0.2) is 22.6 Å². The van der Waals surface area contributed by atoms with E-state index < -0.39 is 6.09 Å². The lowest BCUT2D eigenvalue weighted by atomic mass is 10.3. The third-order valence-electron chi connectivity index (χ3n) is 2.02. The summed E-state index contributed by atoms with van der Waals surface area (Å²) in [6, 6.07) is 5.24. The van der Waals surface area contributed by atoms with Crippen molar-refractivity contribution in [3.05, 3.63) is 24.1 Å². The molecular weight excluding hydrogens is 208 g/mol. The van der Waals surface area contributed by atoms with E-state index in [0.717, 1.165) is 0 Å². The Morgan fingerprint density at radius 1 is 1.56 bits per heavy atom. The zero-order chi connectivity index (χ0) is 11.5. The molecule has 1 N–H and O–H groups in total. The second-order valence-corrected chi connectivity index (χ2v) is 3.26. The Bertz CT molecular complexity index is 519. The molecule has 0 spiro atoms. The molecule has 5 nitrogen and oxygen atoms in total. The lowest BCUT2D eigenvalue weighted by Crippen LogP contribution is -2.13. The van der Waals surface area contributed by atoms with E-state index in [0.29, 0.717) is 29.3 Å². The van der Waals surface area contributed by atoms with Gasteiger partial charge < -0.3 is 9.15 Å². The van der Waals surface area contributed by atoms with Crippen molar-refractivity contribution in [2.24, 2.45) is 0 Å². The summed E-state index contributed by atoms with van der Waals surface area (Å²) >= 11 is 0. The van der Waals surface area contributed by atoms with Crippen LogP contribution in [0.25, 0.3) is 11.1 Å². The molecule has 0 radical (unpaired) electrons. The lowest BCUT2D eigenvalue weighted by molar-refractivity contribution is 0.168. The summed E-state index contributed by atoms with van der Waals surface area (Å²) in [6.07, 6.45) is -0.470. The summed E-state index contributed by atoms with van der Waals surface area (Å²) in [5, 5.41) is 2.60. The Labute approximate surface area is 92.4 Å². The standard InChI is InChI=1S/C11H12N2O3/c1-3-15-11(14)13-8-4-5-10-9(6-8)12-7(2)16-10/h4-6H,3H2,1-2H3,(H,13,14). The van der Waals surface area contributed by atoms with Crippen LogP contribution in [-0.2, 0) is 4.74 Å². The topological polar surface area (TPSA) is 64.4 Å². The molecular formula is C11H12N2O3. The van der Waals surface area contributed by atoms with Gasteiger partial charge in [-0.2, -0.15) is 0 Å². The number of hydrogen-bond donors (Lipinski definition) is 1. The molecule has 5 heteroatoms. The van der Waals surface area contributed by atoms with Crippen LogP contribution >= 0.6 is 0 Å². The normalized spacial score (nSPS) is 10.4. The molecule has 2 aromatic rings. The van der Waals surface area contributed by atoms with Gasteiger partial charge in [-0.1, -0.05) is 0 Å². The van der Waals surface area contributed by atoms with E-state index >= 15 is 0 Å². The third-order valence-corrected chi connectivity index (χ3v) is 2.02. The zero-order valence-corrected chi connectivity index (χ0v) is 9.11. The largest absolute Gasteiger partial charge is 0.450 e. The van der Waals surface area contributed by atoms with Gasteiger partial charge in [-0.05, 0) is 25.1 Å². The number of anilines is 1. The fourth-order valence-electron chi connectivity index (χ4n) is 1.41. The Morgan fingerprint density at radius 3 is 3.12 bits per heavy atom. The van der Waals surface area contributed by atoms with Crippen LogP contribution in [-0.4, -0.2) is 17.7 Å². The van der Waals surface area contributed by atoms with Crippen LogP contribution in [0.5, 0.6) is 0 Å². The van der Waals surface area contributed by atoms with Crippen molar-refractivity contribution >= 4 is 22.9 Å². The van der Waals surface area contributed by atoms with Crippen LogP contribution in [0.4, 0.5) is 10.5 Å². The fraction of sp³-hybridized carbons (Fsp3) is 0.273. The molecule has 1 aromatic carbocycles. The Balaban J connectivity index is 2.22.